The van der Waals surface area contributed by atoms with Gasteiger partial charge in [-0.2, -0.15) is 5.10 Å². The van der Waals surface area contributed by atoms with E-state index in [-0.39, 0.29) is 0 Å². The third kappa shape index (κ3) is 2.47. The minimum atomic E-state index is -0.418. The molecule has 1 aliphatic heterocycles. The van der Waals surface area contributed by atoms with Gasteiger partial charge in [0.1, 0.15) is 0 Å². The van der Waals surface area contributed by atoms with Crippen molar-refractivity contribution in [3.8, 4) is 0 Å². The molecule has 6 nitrogen and oxygen atoms in total. The minimum absolute atomic E-state index is 0.301. The molecule has 0 radical (unpaired) electrons. The number of rotatable bonds is 4. The molecule has 3 heterocycles. The first-order chi connectivity index (χ1) is 10.7. The van der Waals surface area contributed by atoms with Crippen LogP contribution in [0.2, 0.25) is 0 Å². The molecule has 0 atom stereocenters. The minimum Gasteiger partial charge on any atom is -0.351 e. The first-order valence-corrected chi connectivity index (χ1v) is 7.49. The highest BCUT2D eigenvalue weighted by Gasteiger charge is 2.33. The van der Waals surface area contributed by atoms with Crippen molar-refractivity contribution in [3.05, 3.63) is 36.0 Å². The van der Waals surface area contributed by atoms with Crippen LogP contribution in [0.1, 0.15) is 24.5 Å². The number of halogens is 1. The second kappa shape index (κ2) is 5.15. The van der Waals surface area contributed by atoms with Gasteiger partial charge in [0, 0.05) is 26.1 Å². The van der Waals surface area contributed by atoms with Gasteiger partial charge in [-0.1, -0.05) is 0 Å². The largest absolute Gasteiger partial charge is 0.351 e. The van der Waals surface area contributed by atoms with E-state index in [0.717, 1.165) is 24.6 Å². The monoisotopic (exact) mass is 300 g/mol. The zero-order valence-corrected chi connectivity index (χ0v) is 12.4. The van der Waals surface area contributed by atoms with Crippen LogP contribution in [0.15, 0.2) is 24.5 Å². The fourth-order valence-corrected chi connectivity index (χ4v) is 2.64. The van der Waals surface area contributed by atoms with E-state index < -0.39 is 5.82 Å². The maximum Gasteiger partial charge on any atom is 0.225 e. The summed E-state index contributed by atoms with van der Waals surface area (Å²) in [6.07, 6.45) is 4.86. The van der Waals surface area contributed by atoms with Gasteiger partial charge in [-0.05, 0) is 25.0 Å². The van der Waals surface area contributed by atoms with E-state index in [2.05, 4.69) is 31.1 Å². The lowest BCUT2D eigenvalue weighted by molar-refractivity contribution is 0.483. The fraction of sp³-hybridized carbons (Fsp3) is 0.467. The Kier molecular flexibility index (Phi) is 3.13. The van der Waals surface area contributed by atoms with Crippen molar-refractivity contribution < 1.29 is 4.39 Å². The Morgan fingerprint density at radius 3 is 2.45 bits per heavy atom. The maximum absolute atomic E-state index is 12.9. The lowest BCUT2D eigenvalue weighted by atomic mass is 10.1. The highest BCUT2D eigenvalue weighted by Crippen LogP contribution is 2.38. The Balaban J connectivity index is 1.37. The van der Waals surface area contributed by atoms with Crippen LogP contribution in [0.5, 0.6) is 0 Å². The Morgan fingerprint density at radius 2 is 1.86 bits per heavy atom. The van der Waals surface area contributed by atoms with Crippen molar-refractivity contribution in [2.45, 2.75) is 24.8 Å². The highest BCUT2D eigenvalue weighted by atomic mass is 19.1. The molecule has 1 aliphatic carbocycles. The first kappa shape index (κ1) is 13.4. The SMILES string of the molecule is CN(c1ncc(F)cn1)C1CN(c2ccc(C3CC3)nn2)C1. The van der Waals surface area contributed by atoms with Gasteiger partial charge in [0.25, 0.3) is 0 Å². The van der Waals surface area contributed by atoms with Crippen molar-refractivity contribution in [2.75, 3.05) is 29.9 Å². The smallest absolute Gasteiger partial charge is 0.225 e. The van der Waals surface area contributed by atoms with Crippen LogP contribution >= 0.6 is 0 Å². The summed E-state index contributed by atoms with van der Waals surface area (Å²) in [7, 11) is 1.93. The standard InChI is InChI=1S/C15H17FN6/c1-21(15-17-6-11(16)7-18-15)12-8-22(9-12)14-5-4-13(19-20-14)10-2-3-10/h4-7,10,12H,2-3,8-9H2,1H3. The Bertz CT molecular complexity index is 649. The molecule has 2 aromatic heterocycles. The molecule has 2 aromatic rings. The van der Waals surface area contributed by atoms with Gasteiger partial charge < -0.3 is 9.80 Å². The van der Waals surface area contributed by atoms with E-state index in [1.807, 2.05) is 18.0 Å². The molecule has 4 rings (SSSR count). The highest BCUT2D eigenvalue weighted by molar-refractivity contribution is 5.45. The van der Waals surface area contributed by atoms with Crippen molar-refractivity contribution >= 4 is 11.8 Å². The zero-order chi connectivity index (χ0) is 15.1. The molecule has 0 aromatic carbocycles. The summed E-state index contributed by atoms with van der Waals surface area (Å²) in [4.78, 5) is 12.2. The molecule has 22 heavy (non-hydrogen) atoms. The van der Waals surface area contributed by atoms with Crippen LogP contribution in [-0.2, 0) is 0 Å². The second-order valence-corrected chi connectivity index (χ2v) is 5.96. The van der Waals surface area contributed by atoms with Crippen LogP contribution in [0.25, 0.3) is 0 Å². The quantitative estimate of drug-likeness (QED) is 0.855. The first-order valence-electron chi connectivity index (χ1n) is 7.49. The topological polar surface area (TPSA) is 58.0 Å². The van der Waals surface area contributed by atoms with E-state index in [4.69, 9.17) is 0 Å². The number of hydrogen-bond acceptors (Lipinski definition) is 6. The molecule has 7 heteroatoms. The number of likely N-dealkylation sites (N-methyl/N-ethyl adjacent to an activating group) is 1. The van der Waals surface area contributed by atoms with Crippen LogP contribution in [-0.4, -0.2) is 46.3 Å². The van der Waals surface area contributed by atoms with Crippen molar-refractivity contribution in [2.24, 2.45) is 0 Å². The molecule has 0 spiro atoms. The lowest BCUT2D eigenvalue weighted by Gasteiger charge is -2.44. The Hall–Kier alpha value is -2.31. The lowest BCUT2D eigenvalue weighted by Crippen LogP contribution is -2.59. The summed E-state index contributed by atoms with van der Waals surface area (Å²) in [5.41, 5.74) is 1.11. The van der Waals surface area contributed by atoms with Gasteiger partial charge in [-0.15, -0.1) is 5.10 Å². The van der Waals surface area contributed by atoms with Crippen molar-refractivity contribution in [1.82, 2.24) is 20.2 Å². The predicted molar refractivity (Wildman–Crippen MR) is 80.4 cm³/mol. The number of hydrogen-bond donors (Lipinski definition) is 0. The van der Waals surface area contributed by atoms with E-state index in [9.17, 15) is 4.39 Å². The Morgan fingerprint density at radius 1 is 1.14 bits per heavy atom. The maximum atomic E-state index is 12.9. The van der Waals surface area contributed by atoms with Gasteiger partial charge in [0.2, 0.25) is 5.95 Å². The van der Waals surface area contributed by atoms with Crippen LogP contribution in [0.4, 0.5) is 16.2 Å². The third-order valence-corrected chi connectivity index (χ3v) is 4.32. The molecular formula is C15H17FN6. The summed E-state index contributed by atoms with van der Waals surface area (Å²) in [6, 6.07) is 4.43. The fourth-order valence-electron chi connectivity index (χ4n) is 2.64. The van der Waals surface area contributed by atoms with E-state index in [1.165, 1.54) is 25.2 Å². The Labute approximate surface area is 128 Å². The molecule has 0 unspecified atom stereocenters. The number of anilines is 2. The van der Waals surface area contributed by atoms with Gasteiger partial charge in [-0.25, -0.2) is 14.4 Å². The summed E-state index contributed by atoms with van der Waals surface area (Å²) < 4.78 is 12.9. The zero-order valence-electron chi connectivity index (χ0n) is 12.4. The summed E-state index contributed by atoms with van der Waals surface area (Å²) >= 11 is 0. The molecule has 0 amide bonds. The summed E-state index contributed by atoms with van der Waals surface area (Å²) in [6.45, 7) is 1.68. The van der Waals surface area contributed by atoms with E-state index >= 15 is 0 Å². The van der Waals surface area contributed by atoms with Gasteiger partial charge >= 0.3 is 0 Å². The normalized spacial score (nSPS) is 18.2. The second-order valence-electron chi connectivity index (χ2n) is 5.96. The third-order valence-electron chi connectivity index (χ3n) is 4.32. The molecule has 1 saturated carbocycles. The molecule has 1 saturated heterocycles. The molecule has 114 valence electrons. The average molecular weight is 300 g/mol. The molecule has 0 bridgehead atoms. The van der Waals surface area contributed by atoms with Crippen molar-refractivity contribution in [1.29, 1.82) is 0 Å². The van der Waals surface area contributed by atoms with Gasteiger partial charge in [-0.3, -0.25) is 0 Å². The predicted octanol–water partition coefficient (Wildman–Crippen LogP) is 1.61. The van der Waals surface area contributed by atoms with Gasteiger partial charge in [0.15, 0.2) is 11.6 Å². The molecule has 0 N–H and O–H groups in total. The summed E-state index contributed by atoms with van der Waals surface area (Å²) in [5, 5.41) is 8.63. The van der Waals surface area contributed by atoms with Crippen LogP contribution in [0, 0.1) is 5.82 Å². The molecular weight excluding hydrogens is 283 g/mol. The molecule has 2 aliphatic rings. The van der Waals surface area contributed by atoms with E-state index in [1.54, 1.807) is 0 Å². The van der Waals surface area contributed by atoms with E-state index in [0.29, 0.717) is 17.9 Å². The summed E-state index contributed by atoms with van der Waals surface area (Å²) in [5.74, 6) is 1.67. The average Bonchev–Trinajstić information content (AvgIpc) is 3.32. The van der Waals surface area contributed by atoms with Crippen molar-refractivity contribution in [3.63, 3.8) is 0 Å². The number of aromatic nitrogens is 4. The van der Waals surface area contributed by atoms with Gasteiger partial charge in [0.05, 0.1) is 24.1 Å². The molecule has 2 fully saturated rings. The van der Waals surface area contributed by atoms with Crippen LogP contribution in [0.3, 0.4) is 0 Å². The number of nitrogens with zero attached hydrogens (tertiary/aromatic N) is 6. The van der Waals surface area contributed by atoms with Crippen LogP contribution < -0.4 is 9.80 Å².